The smallest absolute Gasteiger partial charge is 0.322 e. The first-order valence-corrected chi connectivity index (χ1v) is 9.63. The molecule has 7 heteroatoms. The van der Waals surface area contributed by atoms with Crippen LogP contribution in [-0.2, 0) is 13.1 Å². The van der Waals surface area contributed by atoms with Gasteiger partial charge in [-0.1, -0.05) is 29.8 Å². The zero-order chi connectivity index (χ0) is 21.5. The predicted molar refractivity (Wildman–Crippen MR) is 116 cm³/mol. The van der Waals surface area contributed by atoms with Crippen molar-refractivity contribution < 1.29 is 18.7 Å². The van der Waals surface area contributed by atoms with E-state index in [-0.39, 0.29) is 11.8 Å². The maximum Gasteiger partial charge on any atom is 0.322 e. The molecule has 0 spiro atoms. The second-order valence-corrected chi connectivity index (χ2v) is 7.05. The normalized spacial score (nSPS) is 10.4. The third kappa shape index (κ3) is 5.64. The van der Waals surface area contributed by atoms with Crippen molar-refractivity contribution in [1.29, 1.82) is 0 Å². The van der Waals surface area contributed by atoms with Crippen LogP contribution in [0.25, 0.3) is 0 Å². The summed E-state index contributed by atoms with van der Waals surface area (Å²) in [6.07, 6.45) is 0. The van der Waals surface area contributed by atoms with Crippen LogP contribution in [0.5, 0.6) is 11.5 Å². The van der Waals surface area contributed by atoms with Gasteiger partial charge in [-0.15, -0.1) is 0 Å². The van der Waals surface area contributed by atoms with Crippen molar-refractivity contribution in [3.8, 4) is 11.5 Å². The largest absolute Gasteiger partial charge is 0.493 e. The SMILES string of the molecule is COc1ccc(CN(Cc2ccc(Cl)cc2)C(=O)Nc2ccc(F)cc2)cc1OC. The molecule has 0 saturated carbocycles. The van der Waals surface area contributed by atoms with Crippen LogP contribution in [0, 0.1) is 5.82 Å². The molecular formula is C23H22ClFN2O3. The minimum Gasteiger partial charge on any atom is -0.493 e. The molecule has 0 bridgehead atoms. The number of hydrogen-bond acceptors (Lipinski definition) is 3. The van der Waals surface area contributed by atoms with Gasteiger partial charge in [0.25, 0.3) is 0 Å². The van der Waals surface area contributed by atoms with Crippen molar-refractivity contribution in [2.75, 3.05) is 19.5 Å². The van der Waals surface area contributed by atoms with Crippen LogP contribution in [0.4, 0.5) is 14.9 Å². The number of methoxy groups -OCH3 is 2. The fourth-order valence-corrected chi connectivity index (χ4v) is 3.07. The molecular weight excluding hydrogens is 407 g/mol. The summed E-state index contributed by atoms with van der Waals surface area (Å²) in [6, 6.07) is 18.1. The Morgan fingerprint density at radius 2 is 1.50 bits per heavy atom. The van der Waals surface area contributed by atoms with E-state index in [2.05, 4.69) is 5.32 Å². The predicted octanol–water partition coefficient (Wildman–Crippen LogP) is 5.73. The van der Waals surface area contributed by atoms with Gasteiger partial charge in [0.2, 0.25) is 0 Å². The maximum absolute atomic E-state index is 13.2. The summed E-state index contributed by atoms with van der Waals surface area (Å²) in [6.45, 7) is 0.689. The molecule has 0 aliphatic carbocycles. The van der Waals surface area contributed by atoms with Gasteiger partial charge in [-0.3, -0.25) is 0 Å². The topological polar surface area (TPSA) is 50.8 Å². The molecule has 1 N–H and O–H groups in total. The van der Waals surface area contributed by atoms with Gasteiger partial charge in [-0.25, -0.2) is 9.18 Å². The van der Waals surface area contributed by atoms with Gasteiger partial charge < -0.3 is 19.7 Å². The zero-order valence-corrected chi connectivity index (χ0v) is 17.4. The number of nitrogens with zero attached hydrogens (tertiary/aromatic N) is 1. The molecule has 3 rings (SSSR count). The molecule has 5 nitrogen and oxygen atoms in total. The van der Waals surface area contributed by atoms with Gasteiger partial charge >= 0.3 is 6.03 Å². The van der Waals surface area contributed by atoms with Crippen LogP contribution in [-0.4, -0.2) is 25.2 Å². The Balaban J connectivity index is 1.83. The Morgan fingerprint density at radius 1 is 0.900 bits per heavy atom. The van der Waals surface area contributed by atoms with Crippen LogP contribution in [0.3, 0.4) is 0 Å². The summed E-state index contributed by atoms with van der Waals surface area (Å²) < 4.78 is 23.8. The summed E-state index contributed by atoms with van der Waals surface area (Å²) in [5.74, 6) is 0.831. The van der Waals surface area contributed by atoms with Crippen molar-refractivity contribution >= 4 is 23.3 Å². The minimum absolute atomic E-state index is 0.314. The molecule has 30 heavy (non-hydrogen) atoms. The second kappa shape index (κ2) is 9.98. The van der Waals surface area contributed by atoms with Crippen LogP contribution in [0.15, 0.2) is 66.7 Å². The highest BCUT2D eigenvalue weighted by molar-refractivity contribution is 6.30. The lowest BCUT2D eigenvalue weighted by atomic mass is 10.1. The summed E-state index contributed by atoms with van der Waals surface area (Å²) in [4.78, 5) is 14.6. The fraction of sp³-hybridized carbons (Fsp3) is 0.174. The standard InChI is InChI=1S/C23H22ClFN2O3/c1-29-21-12-5-17(13-22(21)30-2)15-27(14-16-3-6-18(24)7-4-16)23(28)26-20-10-8-19(25)9-11-20/h3-13H,14-15H2,1-2H3,(H,26,28). The molecule has 0 aliphatic heterocycles. The van der Waals surface area contributed by atoms with Gasteiger partial charge in [-0.05, 0) is 59.7 Å². The first kappa shape index (κ1) is 21.5. The number of ether oxygens (including phenoxy) is 2. The molecule has 0 fully saturated rings. The molecule has 2 amide bonds. The van der Waals surface area contributed by atoms with E-state index in [1.165, 1.54) is 24.3 Å². The lowest BCUT2D eigenvalue weighted by molar-refractivity contribution is 0.206. The van der Waals surface area contributed by atoms with Crippen LogP contribution in [0.1, 0.15) is 11.1 Å². The number of carbonyl (C=O) groups excluding carboxylic acids is 1. The van der Waals surface area contributed by atoms with Gasteiger partial charge in [0.15, 0.2) is 11.5 Å². The molecule has 0 atom stereocenters. The lowest BCUT2D eigenvalue weighted by Crippen LogP contribution is -2.34. The van der Waals surface area contributed by atoms with Gasteiger partial charge in [-0.2, -0.15) is 0 Å². The number of urea groups is 1. The summed E-state index contributed by atoms with van der Waals surface area (Å²) >= 11 is 5.97. The van der Waals surface area contributed by atoms with E-state index in [4.69, 9.17) is 21.1 Å². The average molecular weight is 429 g/mol. The minimum atomic E-state index is -0.364. The molecule has 3 aromatic carbocycles. The molecule has 3 aromatic rings. The second-order valence-electron chi connectivity index (χ2n) is 6.61. The lowest BCUT2D eigenvalue weighted by Gasteiger charge is -2.24. The van der Waals surface area contributed by atoms with E-state index in [9.17, 15) is 9.18 Å². The number of amides is 2. The molecule has 0 heterocycles. The molecule has 0 aromatic heterocycles. The monoisotopic (exact) mass is 428 g/mol. The van der Waals surface area contributed by atoms with E-state index >= 15 is 0 Å². The molecule has 0 aliphatic rings. The summed E-state index contributed by atoms with van der Waals surface area (Å²) in [5, 5.41) is 3.44. The van der Waals surface area contributed by atoms with Crippen LogP contribution in [0.2, 0.25) is 5.02 Å². The summed E-state index contributed by atoms with van der Waals surface area (Å²) in [7, 11) is 3.13. The highest BCUT2D eigenvalue weighted by Crippen LogP contribution is 2.28. The van der Waals surface area contributed by atoms with Crippen LogP contribution >= 0.6 is 11.6 Å². The molecule has 0 unspecified atom stereocenters. The summed E-state index contributed by atoms with van der Waals surface area (Å²) in [5.41, 5.74) is 2.31. The van der Waals surface area contributed by atoms with E-state index in [1.807, 2.05) is 24.3 Å². The molecule has 156 valence electrons. The molecule has 0 radical (unpaired) electrons. The first-order valence-electron chi connectivity index (χ1n) is 9.25. The Labute approximate surface area is 180 Å². The number of carbonyl (C=O) groups is 1. The van der Waals surface area contributed by atoms with E-state index in [0.717, 1.165) is 11.1 Å². The number of rotatable bonds is 7. The van der Waals surface area contributed by atoms with E-state index < -0.39 is 0 Å². The average Bonchev–Trinajstić information content (AvgIpc) is 2.76. The number of benzene rings is 3. The maximum atomic E-state index is 13.2. The van der Waals surface area contributed by atoms with Gasteiger partial charge in [0.1, 0.15) is 5.82 Å². The van der Waals surface area contributed by atoms with E-state index in [0.29, 0.717) is 35.3 Å². The highest BCUT2D eigenvalue weighted by atomic mass is 35.5. The van der Waals surface area contributed by atoms with Crippen LogP contribution < -0.4 is 14.8 Å². The zero-order valence-electron chi connectivity index (χ0n) is 16.7. The van der Waals surface area contributed by atoms with Gasteiger partial charge in [0, 0.05) is 23.8 Å². The third-order valence-electron chi connectivity index (χ3n) is 4.49. The third-order valence-corrected chi connectivity index (χ3v) is 4.74. The van der Waals surface area contributed by atoms with E-state index in [1.54, 1.807) is 37.3 Å². The number of hydrogen-bond donors (Lipinski definition) is 1. The highest BCUT2D eigenvalue weighted by Gasteiger charge is 2.16. The van der Waals surface area contributed by atoms with Crippen molar-refractivity contribution in [3.05, 3.63) is 88.7 Å². The quantitative estimate of drug-likeness (QED) is 0.522. The van der Waals surface area contributed by atoms with Crippen molar-refractivity contribution in [3.63, 3.8) is 0 Å². The Kier molecular flexibility index (Phi) is 7.14. The van der Waals surface area contributed by atoms with Gasteiger partial charge in [0.05, 0.1) is 14.2 Å². The number of nitrogens with one attached hydrogen (secondary N) is 1. The van der Waals surface area contributed by atoms with Crippen molar-refractivity contribution in [2.24, 2.45) is 0 Å². The van der Waals surface area contributed by atoms with Crippen molar-refractivity contribution in [2.45, 2.75) is 13.1 Å². The molecule has 0 saturated heterocycles. The first-order chi connectivity index (χ1) is 14.5. The fourth-order valence-electron chi connectivity index (χ4n) is 2.94. The number of halogens is 2. The number of anilines is 1. The Hall–Kier alpha value is -3.25. The van der Waals surface area contributed by atoms with Crippen molar-refractivity contribution in [1.82, 2.24) is 4.90 Å². The Morgan fingerprint density at radius 3 is 2.13 bits per heavy atom. The Bertz CT molecular complexity index is 994.